The molecule has 2 rings (SSSR count). The molecule has 0 spiro atoms. The van der Waals surface area contributed by atoms with Gasteiger partial charge in [-0.3, -0.25) is 0 Å². The summed E-state index contributed by atoms with van der Waals surface area (Å²) in [5, 5.41) is 13.7. The zero-order valence-electron chi connectivity index (χ0n) is 6.16. The van der Waals surface area contributed by atoms with Crippen molar-refractivity contribution in [2.45, 2.75) is 13.1 Å². The van der Waals surface area contributed by atoms with Gasteiger partial charge in [0, 0.05) is 13.1 Å². The van der Waals surface area contributed by atoms with Crippen LogP contribution in [0.2, 0.25) is 0 Å². The van der Waals surface area contributed by atoms with Crippen LogP contribution in [0.15, 0.2) is 5.38 Å². The van der Waals surface area contributed by atoms with E-state index in [2.05, 4.69) is 5.32 Å². The molecule has 0 atom stereocenters. The number of carbonyl (C=O) groups is 1. The lowest BCUT2D eigenvalue weighted by Gasteiger charge is -1.91. The summed E-state index contributed by atoms with van der Waals surface area (Å²) in [5.74, 6) is -0.806. The molecule has 0 aromatic carbocycles. The van der Waals surface area contributed by atoms with Crippen molar-refractivity contribution < 1.29 is 9.90 Å². The van der Waals surface area contributed by atoms with Gasteiger partial charge in [-0.1, -0.05) is 0 Å². The second-order valence-electron chi connectivity index (χ2n) is 2.48. The Morgan fingerprint density at radius 2 is 2.33 bits per heavy atom. The molecule has 1 aromatic rings. The van der Waals surface area contributed by atoms with Crippen molar-refractivity contribution in [3.05, 3.63) is 21.4 Å². The van der Waals surface area contributed by atoms with Crippen molar-refractivity contribution >= 4 is 34.3 Å². The highest BCUT2D eigenvalue weighted by Crippen LogP contribution is 2.26. The molecular weight excluding hydrogens is 242 g/mol. The van der Waals surface area contributed by atoms with E-state index in [0.717, 1.165) is 17.7 Å². The number of thiophene rings is 1. The first-order valence-corrected chi connectivity index (χ1v) is 4.20. The van der Waals surface area contributed by atoms with Crippen LogP contribution < -0.4 is 5.32 Å². The van der Waals surface area contributed by atoms with Crippen LogP contribution in [0.5, 0.6) is 0 Å². The third-order valence-electron chi connectivity index (χ3n) is 1.79. The Balaban J connectivity index is 0.000000720. The average molecular weight is 250 g/mol. The molecule has 66 valence electrons. The minimum Gasteiger partial charge on any atom is -0.477 e. The normalized spacial score (nSPS) is 13.7. The van der Waals surface area contributed by atoms with Crippen LogP contribution in [0.1, 0.15) is 20.8 Å². The molecular formula is C7H8BrNO2S. The molecule has 0 saturated heterocycles. The first-order valence-electron chi connectivity index (χ1n) is 3.32. The van der Waals surface area contributed by atoms with E-state index in [4.69, 9.17) is 5.11 Å². The van der Waals surface area contributed by atoms with Gasteiger partial charge in [-0.25, -0.2) is 4.79 Å². The largest absolute Gasteiger partial charge is 0.477 e. The van der Waals surface area contributed by atoms with Crippen molar-refractivity contribution in [3.8, 4) is 0 Å². The summed E-state index contributed by atoms with van der Waals surface area (Å²) in [6.07, 6.45) is 0. The number of halogens is 1. The zero-order chi connectivity index (χ0) is 7.84. The molecule has 0 radical (unpaired) electrons. The highest BCUT2D eigenvalue weighted by atomic mass is 79.9. The minimum atomic E-state index is -0.806. The van der Waals surface area contributed by atoms with Gasteiger partial charge in [-0.2, -0.15) is 0 Å². The minimum absolute atomic E-state index is 0. The summed E-state index contributed by atoms with van der Waals surface area (Å²) in [4.78, 5) is 11.1. The molecule has 1 aliphatic heterocycles. The summed E-state index contributed by atoms with van der Waals surface area (Å²) < 4.78 is 0. The number of rotatable bonds is 1. The molecule has 0 unspecified atom stereocenters. The van der Waals surface area contributed by atoms with Gasteiger partial charge in [0.1, 0.15) is 4.88 Å². The summed E-state index contributed by atoms with van der Waals surface area (Å²) in [5.41, 5.74) is 2.12. The molecule has 2 N–H and O–H groups in total. The number of hydrogen-bond acceptors (Lipinski definition) is 3. The molecule has 0 bridgehead atoms. The Kier molecular flexibility index (Phi) is 2.87. The number of aromatic carboxylic acids is 1. The Morgan fingerprint density at radius 3 is 3.00 bits per heavy atom. The number of hydrogen-bond donors (Lipinski definition) is 2. The molecule has 0 amide bonds. The highest BCUT2D eigenvalue weighted by molar-refractivity contribution is 8.93. The van der Waals surface area contributed by atoms with Crippen molar-refractivity contribution in [1.29, 1.82) is 0 Å². The van der Waals surface area contributed by atoms with E-state index < -0.39 is 5.97 Å². The monoisotopic (exact) mass is 249 g/mol. The third-order valence-corrected chi connectivity index (χ3v) is 2.85. The Labute approximate surface area is 84.2 Å². The number of carboxylic acids is 1. The van der Waals surface area contributed by atoms with E-state index in [0.29, 0.717) is 11.4 Å². The van der Waals surface area contributed by atoms with Crippen LogP contribution in [-0.2, 0) is 13.1 Å². The van der Waals surface area contributed by atoms with Crippen molar-refractivity contribution in [3.63, 3.8) is 0 Å². The van der Waals surface area contributed by atoms with Gasteiger partial charge in [0.05, 0.1) is 0 Å². The van der Waals surface area contributed by atoms with Gasteiger partial charge in [-0.15, -0.1) is 28.3 Å². The van der Waals surface area contributed by atoms with E-state index in [1.807, 2.05) is 5.38 Å². The Morgan fingerprint density at radius 1 is 1.58 bits per heavy atom. The van der Waals surface area contributed by atoms with Gasteiger partial charge in [0.2, 0.25) is 0 Å². The number of fused-ring (bicyclic) bond motifs is 1. The molecule has 12 heavy (non-hydrogen) atoms. The molecule has 1 aromatic heterocycles. The van der Waals surface area contributed by atoms with E-state index in [-0.39, 0.29) is 17.0 Å². The number of nitrogens with one attached hydrogen (secondary N) is 1. The summed E-state index contributed by atoms with van der Waals surface area (Å²) in [6, 6.07) is 0. The molecule has 1 aliphatic rings. The molecule has 5 heteroatoms. The SMILES string of the molecule is Br.O=C(O)c1scc2c1CNC2. The van der Waals surface area contributed by atoms with Gasteiger partial charge < -0.3 is 10.4 Å². The topological polar surface area (TPSA) is 49.3 Å². The van der Waals surface area contributed by atoms with Crippen molar-refractivity contribution in [2.75, 3.05) is 0 Å². The maximum atomic E-state index is 10.6. The molecule has 0 aliphatic carbocycles. The van der Waals surface area contributed by atoms with Crippen molar-refractivity contribution in [1.82, 2.24) is 5.32 Å². The predicted molar refractivity (Wildman–Crippen MR) is 52.1 cm³/mol. The van der Waals surface area contributed by atoms with Crippen LogP contribution in [-0.4, -0.2) is 11.1 Å². The summed E-state index contributed by atoms with van der Waals surface area (Å²) in [7, 11) is 0. The molecule has 2 heterocycles. The van der Waals surface area contributed by atoms with Crippen LogP contribution in [0.25, 0.3) is 0 Å². The first-order chi connectivity index (χ1) is 5.29. The fourth-order valence-corrected chi connectivity index (χ4v) is 2.19. The molecule has 3 nitrogen and oxygen atoms in total. The highest BCUT2D eigenvalue weighted by Gasteiger charge is 2.20. The standard InChI is InChI=1S/C7H7NO2S.BrH/c9-7(10)6-5-2-8-1-4(5)3-11-6;/h3,8H,1-2H2,(H,9,10);1H. The molecule has 0 saturated carbocycles. The fraction of sp³-hybridized carbons (Fsp3) is 0.286. The lowest BCUT2D eigenvalue weighted by Crippen LogP contribution is -2.03. The second-order valence-corrected chi connectivity index (χ2v) is 3.36. The smallest absolute Gasteiger partial charge is 0.346 e. The second kappa shape index (κ2) is 3.55. The van der Waals surface area contributed by atoms with E-state index in [9.17, 15) is 4.79 Å². The van der Waals surface area contributed by atoms with Crippen LogP contribution >= 0.6 is 28.3 Å². The van der Waals surface area contributed by atoms with E-state index >= 15 is 0 Å². The van der Waals surface area contributed by atoms with Gasteiger partial charge in [0.25, 0.3) is 0 Å². The van der Waals surface area contributed by atoms with Crippen LogP contribution in [0, 0.1) is 0 Å². The van der Waals surface area contributed by atoms with E-state index in [1.165, 1.54) is 11.3 Å². The van der Waals surface area contributed by atoms with E-state index in [1.54, 1.807) is 0 Å². The Hall–Kier alpha value is -0.390. The summed E-state index contributed by atoms with van der Waals surface area (Å²) >= 11 is 1.32. The lowest BCUT2D eigenvalue weighted by molar-refractivity contribution is 0.0701. The quantitative estimate of drug-likeness (QED) is 0.796. The Bertz CT molecular complexity index is 310. The fourth-order valence-electron chi connectivity index (χ4n) is 1.26. The first kappa shape index (κ1) is 9.70. The van der Waals surface area contributed by atoms with Crippen molar-refractivity contribution in [2.24, 2.45) is 0 Å². The maximum absolute atomic E-state index is 10.6. The van der Waals surface area contributed by atoms with Gasteiger partial charge in [0.15, 0.2) is 0 Å². The van der Waals surface area contributed by atoms with Crippen LogP contribution in [0.4, 0.5) is 0 Å². The maximum Gasteiger partial charge on any atom is 0.346 e. The van der Waals surface area contributed by atoms with Crippen LogP contribution in [0.3, 0.4) is 0 Å². The lowest BCUT2D eigenvalue weighted by atomic mass is 10.2. The summed E-state index contributed by atoms with van der Waals surface area (Å²) in [6.45, 7) is 1.53. The molecule has 0 fully saturated rings. The third kappa shape index (κ3) is 1.39. The predicted octanol–water partition coefficient (Wildman–Crippen LogP) is 1.63. The zero-order valence-corrected chi connectivity index (χ0v) is 8.69. The number of carboxylic acid groups (broad SMARTS) is 1. The van der Waals surface area contributed by atoms with Gasteiger partial charge in [-0.05, 0) is 16.5 Å². The average Bonchev–Trinajstić information content (AvgIpc) is 2.41. The van der Waals surface area contributed by atoms with Gasteiger partial charge >= 0.3 is 5.97 Å².